The summed E-state index contributed by atoms with van der Waals surface area (Å²) in [7, 11) is 0. The minimum absolute atomic E-state index is 0.199. The highest BCUT2D eigenvalue weighted by molar-refractivity contribution is 5.26. The first-order valence-electron chi connectivity index (χ1n) is 3.76. The molecular formula is C8H9F3N2. The van der Waals surface area contributed by atoms with Gasteiger partial charge in [0.2, 0.25) is 0 Å². The predicted molar refractivity (Wildman–Crippen MR) is 42.0 cm³/mol. The monoisotopic (exact) mass is 190 g/mol. The summed E-state index contributed by atoms with van der Waals surface area (Å²) in [5, 5.41) is 0. The van der Waals surface area contributed by atoms with Crippen molar-refractivity contribution in [3.8, 4) is 0 Å². The molecule has 0 aromatic carbocycles. The lowest BCUT2D eigenvalue weighted by Gasteiger charge is -2.10. The minimum atomic E-state index is -4.33. The molecule has 2 nitrogen and oxygen atoms in total. The van der Waals surface area contributed by atoms with Crippen molar-refractivity contribution in [2.24, 2.45) is 5.73 Å². The van der Waals surface area contributed by atoms with Gasteiger partial charge in [-0.15, -0.1) is 0 Å². The van der Waals surface area contributed by atoms with Crippen LogP contribution in [0.15, 0.2) is 18.5 Å². The van der Waals surface area contributed by atoms with E-state index in [9.17, 15) is 13.2 Å². The number of rotatable bonds is 2. The average molecular weight is 190 g/mol. The lowest BCUT2D eigenvalue weighted by molar-refractivity contribution is -0.138. The van der Waals surface area contributed by atoms with E-state index in [-0.39, 0.29) is 18.5 Å². The van der Waals surface area contributed by atoms with Crippen LogP contribution < -0.4 is 5.73 Å². The van der Waals surface area contributed by atoms with Crippen LogP contribution >= 0.6 is 0 Å². The van der Waals surface area contributed by atoms with E-state index >= 15 is 0 Å². The molecule has 0 bridgehead atoms. The highest BCUT2D eigenvalue weighted by Crippen LogP contribution is 2.31. The molecule has 2 N–H and O–H groups in total. The Labute approximate surface area is 73.6 Å². The number of alkyl halides is 3. The highest BCUT2D eigenvalue weighted by Gasteiger charge is 2.33. The third kappa shape index (κ3) is 2.42. The summed E-state index contributed by atoms with van der Waals surface area (Å²) in [5.41, 5.74) is 4.69. The molecule has 0 atom stereocenters. The van der Waals surface area contributed by atoms with E-state index < -0.39 is 11.7 Å². The zero-order valence-electron chi connectivity index (χ0n) is 6.80. The van der Waals surface area contributed by atoms with Gasteiger partial charge in [-0.2, -0.15) is 13.2 Å². The van der Waals surface area contributed by atoms with Gasteiger partial charge in [-0.25, -0.2) is 0 Å². The van der Waals surface area contributed by atoms with Crippen LogP contribution in [0.5, 0.6) is 0 Å². The standard InChI is InChI=1S/C8H9F3N2/c9-8(10,11)7-5-13-4-2-6(7)1-3-12/h2,4-5H,1,3,12H2. The number of hydrogen-bond donors (Lipinski definition) is 1. The number of nitrogens with zero attached hydrogens (tertiary/aromatic N) is 1. The van der Waals surface area contributed by atoms with Crippen LogP contribution in [-0.4, -0.2) is 11.5 Å². The van der Waals surface area contributed by atoms with Crippen molar-refractivity contribution in [3.63, 3.8) is 0 Å². The van der Waals surface area contributed by atoms with Crippen LogP contribution in [0.25, 0.3) is 0 Å². The van der Waals surface area contributed by atoms with E-state index in [2.05, 4.69) is 4.98 Å². The fraction of sp³-hybridized carbons (Fsp3) is 0.375. The predicted octanol–water partition coefficient (Wildman–Crippen LogP) is 1.60. The molecule has 13 heavy (non-hydrogen) atoms. The Bertz CT molecular complexity index is 283. The normalized spacial score (nSPS) is 11.7. The molecule has 0 aliphatic heterocycles. The summed E-state index contributed by atoms with van der Waals surface area (Å²) < 4.78 is 36.9. The number of hydrogen-bond acceptors (Lipinski definition) is 2. The molecule has 1 heterocycles. The zero-order valence-corrected chi connectivity index (χ0v) is 6.80. The fourth-order valence-corrected chi connectivity index (χ4v) is 1.05. The average Bonchev–Trinajstić information content (AvgIpc) is 2.04. The molecule has 0 amide bonds. The Morgan fingerprint density at radius 3 is 2.62 bits per heavy atom. The van der Waals surface area contributed by atoms with Crippen molar-refractivity contribution in [1.29, 1.82) is 0 Å². The second kappa shape index (κ2) is 3.74. The lowest BCUT2D eigenvalue weighted by atomic mass is 10.1. The van der Waals surface area contributed by atoms with Crippen LogP contribution in [0.4, 0.5) is 13.2 Å². The van der Waals surface area contributed by atoms with Crippen LogP contribution in [0.2, 0.25) is 0 Å². The van der Waals surface area contributed by atoms with Crippen LogP contribution in [0, 0.1) is 0 Å². The van der Waals surface area contributed by atoms with Crippen LogP contribution in [0.3, 0.4) is 0 Å². The van der Waals surface area contributed by atoms with E-state index in [4.69, 9.17) is 5.73 Å². The maximum atomic E-state index is 12.3. The van der Waals surface area contributed by atoms with Gasteiger partial charge in [-0.3, -0.25) is 4.98 Å². The van der Waals surface area contributed by atoms with Gasteiger partial charge in [0.25, 0.3) is 0 Å². The smallest absolute Gasteiger partial charge is 0.330 e. The Balaban J connectivity index is 3.05. The van der Waals surface area contributed by atoms with Gasteiger partial charge in [0, 0.05) is 12.4 Å². The fourth-order valence-electron chi connectivity index (χ4n) is 1.05. The molecule has 72 valence electrons. The molecular weight excluding hydrogens is 181 g/mol. The van der Waals surface area contributed by atoms with E-state index in [1.54, 1.807) is 0 Å². The van der Waals surface area contributed by atoms with Gasteiger partial charge in [-0.1, -0.05) is 0 Å². The number of nitrogens with two attached hydrogens (primary N) is 1. The Morgan fingerprint density at radius 1 is 1.38 bits per heavy atom. The van der Waals surface area contributed by atoms with Gasteiger partial charge in [-0.05, 0) is 24.6 Å². The molecule has 0 saturated carbocycles. The third-order valence-electron chi connectivity index (χ3n) is 1.63. The number of halogens is 3. The van der Waals surface area contributed by atoms with Crippen molar-refractivity contribution in [3.05, 3.63) is 29.6 Å². The van der Waals surface area contributed by atoms with E-state index in [0.29, 0.717) is 0 Å². The van der Waals surface area contributed by atoms with Gasteiger partial charge >= 0.3 is 6.18 Å². The molecule has 1 aromatic heterocycles. The van der Waals surface area contributed by atoms with E-state index in [1.165, 1.54) is 12.3 Å². The molecule has 0 saturated heterocycles. The Hall–Kier alpha value is -1.10. The molecule has 5 heteroatoms. The summed E-state index contributed by atoms with van der Waals surface area (Å²) in [4.78, 5) is 3.43. The van der Waals surface area contributed by atoms with Crippen molar-refractivity contribution < 1.29 is 13.2 Å². The second-order valence-electron chi connectivity index (χ2n) is 2.57. The van der Waals surface area contributed by atoms with E-state index in [1.807, 2.05) is 0 Å². The van der Waals surface area contributed by atoms with Gasteiger partial charge in [0.05, 0.1) is 5.56 Å². The quantitative estimate of drug-likeness (QED) is 0.769. The molecule has 1 rings (SSSR count). The SMILES string of the molecule is NCCc1ccncc1C(F)(F)F. The molecule has 0 unspecified atom stereocenters. The van der Waals surface area contributed by atoms with Crippen molar-refractivity contribution >= 4 is 0 Å². The third-order valence-corrected chi connectivity index (χ3v) is 1.63. The van der Waals surface area contributed by atoms with Crippen molar-refractivity contribution in [2.45, 2.75) is 12.6 Å². The highest BCUT2D eigenvalue weighted by atomic mass is 19.4. The van der Waals surface area contributed by atoms with Crippen molar-refractivity contribution in [1.82, 2.24) is 4.98 Å². The Morgan fingerprint density at radius 2 is 2.08 bits per heavy atom. The number of pyridine rings is 1. The largest absolute Gasteiger partial charge is 0.418 e. The molecule has 0 aliphatic rings. The van der Waals surface area contributed by atoms with Crippen LogP contribution in [-0.2, 0) is 12.6 Å². The van der Waals surface area contributed by atoms with Crippen molar-refractivity contribution in [2.75, 3.05) is 6.54 Å². The first-order valence-corrected chi connectivity index (χ1v) is 3.76. The van der Waals surface area contributed by atoms with Gasteiger partial charge in [0.1, 0.15) is 0 Å². The minimum Gasteiger partial charge on any atom is -0.330 e. The molecule has 0 fully saturated rings. The van der Waals surface area contributed by atoms with Gasteiger partial charge < -0.3 is 5.73 Å². The maximum Gasteiger partial charge on any atom is 0.418 e. The summed E-state index contributed by atoms with van der Waals surface area (Å²) >= 11 is 0. The lowest BCUT2D eigenvalue weighted by Crippen LogP contribution is -2.12. The summed E-state index contributed by atoms with van der Waals surface area (Å²) in [6.45, 7) is 0.201. The van der Waals surface area contributed by atoms with Crippen LogP contribution in [0.1, 0.15) is 11.1 Å². The topological polar surface area (TPSA) is 38.9 Å². The molecule has 0 radical (unpaired) electrons. The molecule has 0 aliphatic carbocycles. The summed E-state index contributed by atoms with van der Waals surface area (Å²) in [6, 6.07) is 1.34. The maximum absolute atomic E-state index is 12.3. The van der Waals surface area contributed by atoms with Gasteiger partial charge in [0.15, 0.2) is 0 Å². The Kier molecular flexibility index (Phi) is 2.87. The molecule has 0 spiro atoms. The zero-order chi connectivity index (χ0) is 9.90. The number of aromatic nitrogens is 1. The first kappa shape index (κ1) is 9.98. The molecule has 1 aromatic rings. The summed E-state index contributed by atoms with van der Waals surface area (Å²) in [6.07, 6.45) is -1.96. The first-order chi connectivity index (χ1) is 6.05. The summed E-state index contributed by atoms with van der Waals surface area (Å²) in [5.74, 6) is 0. The second-order valence-corrected chi connectivity index (χ2v) is 2.57. The van der Waals surface area contributed by atoms with E-state index in [0.717, 1.165) is 6.20 Å².